The average molecular weight is 232 g/mol. The molecule has 3 rings (SSSR count). The van der Waals surface area contributed by atoms with Gasteiger partial charge in [-0.05, 0) is 25.0 Å². The SMILES string of the molecule is NCC1(c2nnc3ccccn23)CCOCC1. The first-order chi connectivity index (χ1) is 8.36. The van der Waals surface area contributed by atoms with E-state index in [2.05, 4.69) is 10.2 Å². The average Bonchev–Trinajstić information content (AvgIpc) is 2.84. The molecule has 2 N–H and O–H groups in total. The third-order valence-electron chi connectivity index (χ3n) is 3.63. The van der Waals surface area contributed by atoms with Gasteiger partial charge in [-0.15, -0.1) is 10.2 Å². The lowest BCUT2D eigenvalue weighted by Gasteiger charge is -2.34. The van der Waals surface area contributed by atoms with Crippen molar-refractivity contribution in [3.63, 3.8) is 0 Å². The Morgan fingerprint density at radius 3 is 2.88 bits per heavy atom. The zero-order chi connectivity index (χ0) is 11.7. The molecule has 5 heteroatoms. The predicted octanol–water partition coefficient (Wildman–Crippen LogP) is 0.736. The summed E-state index contributed by atoms with van der Waals surface area (Å²) in [5, 5.41) is 8.54. The van der Waals surface area contributed by atoms with E-state index in [0.29, 0.717) is 6.54 Å². The van der Waals surface area contributed by atoms with Gasteiger partial charge < -0.3 is 10.5 Å². The van der Waals surface area contributed by atoms with Crippen molar-refractivity contribution in [1.29, 1.82) is 0 Å². The number of pyridine rings is 1. The van der Waals surface area contributed by atoms with Crippen LogP contribution in [-0.2, 0) is 10.2 Å². The fourth-order valence-corrected chi connectivity index (χ4v) is 2.48. The van der Waals surface area contributed by atoms with Gasteiger partial charge in [-0.25, -0.2) is 0 Å². The summed E-state index contributed by atoms with van der Waals surface area (Å²) < 4.78 is 7.46. The Kier molecular flexibility index (Phi) is 2.57. The van der Waals surface area contributed by atoms with E-state index in [1.807, 2.05) is 28.8 Å². The maximum atomic E-state index is 5.98. The van der Waals surface area contributed by atoms with Crippen molar-refractivity contribution in [1.82, 2.24) is 14.6 Å². The molecule has 0 aromatic carbocycles. The number of fused-ring (bicyclic) bond motifs is 1. The van der Waals surface area contributed by atoms with E-state index in [-0.39, 0.29) is 5.41 Å². The Labute approximate surface area is 99.6 Å². The van der Waals surface area contributed by atoms with Crippen LogP contribution in [-0.4, -0.2) is 34.4 Å². The largest absolute Gasteiger partial charge is 0.381 e. The first-order valence-electron chi connectivity index (χ1n) is 5.94. The van der Waals surface area contributed by atoms with Crippen LogP contribution < -0.4 is 5.73 Å². The van der Waals surface area contributed by atoms with Crippen LogP contribution >= 0.6 is 0 Å². The molecule has 0 amide bonds. The molecule has 0 unspecified atom stereocenters. The molecule has 1 aliphatic rings. The second kappa shape index (κ2) is 4.09. The van der Waals surface area contributed by atoms with Crippen LogP contribution in [0.1, 0.15) is 18.7 Å². The molecule has 0 saturated carbocycles. The number of nitrogens with two attached hydrogens (primary N) is 1. The maximum absolute atomic E-state index is 5.98. The molecular weight excluding hydrogens is 216 g/mol. The molecule has 17 heavy (non-hydrogen) atoms. The molecule has 90 valence electrons. The number of nitrogens with zero attached hydrogens (tertiary/aromatic N) is 3. The molecule has 0 radical (unpaired) electrons. The Bertz CT molecular complexity index is 516. The van der Waals surface area contributed by atoms with E-state index in [1.54, 1.807) is 0 Å². The summed E-state index contributed by atoms with van der Waals surface area (Å²) in [4.78, 5) is 0. The second-order valence-electron chi connectivity index (χ2n) is 4.55. The molecular formula is C12H16N4O. The molecule has 0 aliphatic carbocycles. The van der Waals surface area contributed by atoms with Gasteiger partial charge in [0.1, 0.15) is 5.82 Å². The highest BCUT2D eigenvalue weighted by Gasteiger charge is 2.37. The summed E-state index contributed by atoms with van der Waals surface area (Å²) in [6.07, 6.45) is 3.83. The third kappa shape index (κ3) is 1.62. The Balaban J connectivity index is 2.12. The van der Waals surface area contributed by atoms with Gasteiger partial charge >= 0.3 is 0 Å². The molecule has 1 saturated heterocycles. The minimum absolute atomic E-state index is 0.0843. The molecule has 0 spiro atoms. The monoisotopic (exact) mass is 232 g/mol. The molecule has 3 heterocycles. The Hall–Kier alpha value is -1.46. The standard InChI is InChI=1S/C12H16N4O/c13-9-12(4-7-17-8-5-12)11-15-14-10-3-1-2-6-16(10)11/h1-3,6H,4-5,7-9,13H2. The molecule has 0 atom stereocenters. The highest BCUT2D eigenvalue weighted by molar-refractivity contribution is 5.38. The first-order valence-corrected chi connectivity index (χ1v) is 5.94. The van der Waals surface area contributed by atoms with Gasteiger partial charge in [-0.1, -0.05) is 6.07 Å². The Morgan fingerprint density at radius 1 is 1.29 bits per heavy atom. The molecule has 0 bridgehead atoms. The van der Waals surface area contributed by atoms with Gasteiger partial charge in [0.05, 0.1) is 0 Å². The first kappa shape index (κ1) is 10.7. The van der Waals surface area contributed by atoms with Crippen molar-refractivity contribution < 1.29 is 4.74 Å². The molecule has 2 aromatic rings. The third-order valence-corrected chi connectivity index (χ3v) is 3.63. The fraction of sp³-hybridized carbons (Fsp3) is 0.500. The van der Waals surface area contributed by atoms with Crippen LogP contribution in [0.3, 0.4) is 0 Å². The topological polar surface area (TPSA) is 65.4 Å². The highest BCUT2D eigenvalue weighted by Crippen LogP contribution is 2.32. The normalized spacial score (nSPS) is 19.6. The summed E-state index contributed by atoms with van der Waals surface area (Å²) >= 11 is 0. The van der Waals surface area contributed by atoms with Crippen LogP contribution in [0, 0.1) is 0 Å². The fourth-order valence-electron chi connectivity index (χ4n) is 2.48. The minimum Gasteiger partial charge on any atom is -0.381 e. The van der Waals surface area contributed by atoms with E-state index >= 15 is 0 Å². The number of hydrogen-bond acceptors (Lipinski definition) is 4. The number of ether oxygens (including phenoxy) is 1. The summed E-state index contributed by atoms with van der Waals surface area (Å²) in [5.41, 5.74) is 6.78. The number of rotatable bonds is 2. The van der Waals surface area contributed by atoms with Crippen LogP contribution in [0.4, 0.5) is 0 Å². The predicted molar refractivity (Wildman–Crippen MR) is 63.8 cm³/mol. The second-order valence-corrected chi connectivity index (χ2v) is 4.55. The summed E-state index contributed by atoms with van der Waals surface area (Å²) in [5.74, 6) is 0.971. The van der Waals surface area contributed by atoms with Gasteiger partial charge in [0.15, 0.2) is 5.65 Å². The number of hydrogen-bond donors (Lipinski definition) is 1. The summed E-state index contributed by atoms with van der Waals surface area (Å²) in [6, 6.07) is 5.91. The van der Waals surface area contributed by atoms with Gasteiger partial charge in [0, 0.05) is 31.4 Å². The van der Waals surface area contributed by atoms with Crippen molar-refractivity contribution in [3.8, 4) is 0 Å². The van der Waals surface area contributed by atoms with Crippen LogP contribution in [0.15, 0.2) is 24.4 Å². The molecule has 2 aromatic heterocycles. The highest BCUT2D eigenvalue weighted by atomic mass is 16.5. The van der Waals surface area contributed by atoms with Crippen molar-refractivity contribution in [3.05, 3.63) is 30.2 Å². The molecule has 1 aliphatic heterocycles. The lowest BCUT2D eigenvalue weighted by molar-refractivity contribution is 0.0496. The lowest BCUT2D eigenvalue weighted by Crippen LogP contribution is -2.42. The van der Waals surface area contributed by atoms with Crippen molar-refractivity contribution in [2.24, 2.45) is 5.73 Å². The smallest absolute Gasteiger partial charge is 0.160 e. The lowest BCUT2D eigenvalue weighted by atomic mass is 9.79. The van der Waals surface area contributed by atoms with Crippen LogP contribution in [0.2, 0.25) is 0 Å². The van der Waals surface area contributed by atoms with Crippen molar-refractivity contribution in [2.45, 2.75) is 18.3 Å². The van der Waals surface area contributed by atoms with Crippen LogP contribution in [0.5, 0.6) is 0 Å². The summed E-state index contributed by atoms with van der Waals surface area (Å²) in [6.45, 7) is 2.09. The van der Waals surface area contributed by atoms with E-state index in [9.17, 15) is 0 Å². The zero-order valence-corrected chi connectivity index (χ0v) is 9.67. The van der Waals surface area contributed by atoms with Gasteiger partial charge in [0.25, 0.3) is 0 Å². The van der Waals surface area contributed by atoms with E-state index in [4.69, 9.17) is 10.5 Å². The van der Waals surface area contributed by atoms with E-state index in [1.165, 1.54) is 0 Å². The molecule has 5 nitrogen and oxygen atoms in total. The minimum atomic E-state index is -0.0843. The van der Waals surface area contributed by atoms with Crippen molar-refractivity contribution >= 4 is 5.65 Å². The van der Waals surface area contributed by atoms with Gasteiger partial charge in [-0.2, -0.15) is 0 Å². The zero-order valence-electron chi connectivity index (χ0n) is 9.67. The maximum Gasteiger partial charge on any atom is 0.160 e. The number of aromatic nitrogens is 3. The summed E-state index contributed by atoms with van der Waals surface area (Å²) in [7, 11) is 0. The van der Waals surface area contributed by atoms with Crippen LogP contribution in [0.25, 0.3) is 5.65 Å². The quantitative estimate of drug-likeness (QED) is 0.829. The van der Waals surface area contributed by atoms with E-state index in [0.717, 1.165) is 37.5 Å². The Morgan fingerprint density at radius 2 is 2.12 bits per heavy atom. The van der Waals surface area contributed by atoms with Gasteiger partial charge in [0.2, 0.25) is 0 Å². The van der Waals surface area contributed by atoms with Gasteiger partial charge in [-0.3, -0.25) is 4.40 Å². The molecule has 1 fully saturated rings. The van der Waals surface area contributed by atoms with Crippen molar-refractivity contribution in [2.75, 3.05) is 19.8 Å². The van der Waals surface area contributed by atoms with E-state index < -0.39 is 0 Å².